The maximum Gasteiger partial charge on any atom is 0.266 e. The lowest BCUT2D eigenvalue weighted by molar-refractivity contribution is -0.121. The minimum absolute atomic E-state index is 0.0964. The molecular weight excluding hydrogens is 398 g/mol. The van der Waals surface area contributed by atoms with E-state index in [1.165, 1.54) is 11.8 Å². The summed E-state index contributed by atoms with van der Waals surface area (Å²) in [7, 11) is 0. The Bertz CT molecular complexity index is 875. The van der Waals surface area contributed by atoms with Gasteiger partial charge in [-0.25, -0.2) is 0 Å². The summed E-state index contributed by atoms with van der Waals surface area (Å²) in [4.78, 5) is 15.8. The number of nitrogens with zero attached hydrogens (tertiary/aromatic N) is 1. The smallest absolute Gasteiger partial charge is 0.266 e. The Kier molecular flexibility index (Phi) is 6.71. The van der Waals surface area contributed by atoms with Crippen LogP contribution in [0.2, 0.25) is 0 Å². The number of ether oxygens (including phenoxy) is 2. The predicted octanol–water partition coefficient (Wildman–Crippen LogP) is 5.11. The van der Waals surface area contributed by atoms with Crippen LogP contribution < -0.4 is 9.47 Å². The molecule has 2 aromatic rings. The normalized spacial score (nSPS) is 15.4. The number of rotatable bonds is 8. The van der Waals surface area contributed by atoms with Gasteiger partial charge in [-0.15, -0.1) is 17.9 Å². The standard InChI is InChI=1S/C20H19NO3S3/c1-3-9-21-19(22)18(27-20(21)25)12-14-7-8-16(17(11-14)23-4-2)24-13-15-6-5-10-26-15/h3,5-8,10-12H,1,4,9,13H2,2H3/b18-12-. The van der Waals surface area contributed by atoms with Crippen molar-refractivity contribution in [2.75, 3.05) is 13.2 Å². The van der Waals surface area contributed by atoms with Crippen molar-refractivity contribution in [2.45, 2.75) is 13.5 Å². The number of hydrogen-bond acceptors (Lipinski definition) is 6. The number of hydrogen-bond donors (Lipinski definition) is 0. The summed E-state index contributed by atoms with van der Waals surface area (Å²) >= 11 is 8.22. The second kappa shape index (κ2) is 9.21. The van der Waals surface area contributed by atoms with Crippen LogP contribution in [0.15, 0.2) is 53.3 Å². The summed E-state index contributed by atoms with van der Waals surface area (Å²) in [5, 5.41) is 2.02. The molecule has 27 heavy (non-hydrogen) atoms. The summed E-state index contributed by atoms with van der Waals surface area (Å²) in [5.41, 5.74) is 0.862. The van der Waals surface area contributed by atoms with Gasteiger partial charge in [0.25, 0.3) is 5.91 Å². The van der Waals surface area contributed by atoms with Gasteiger partial charge >= 0.3 is 0 Å². The van der Waals surface area contributed by atoms with Gasteiger partial charge in [-0.05, 0) is 42.1 Å². The molecule has 1 amide bonds. The lowest BCUT2D eigenvalue weighted by Gasteiger charge is -2.12. The van der Waals surface area contributed by atoms with Crippen molar-refractivity contribution in [3.8, 4) is 11.5 Å². The highest BCUT2D eigenvalue weighted by atomic mass is 32.2. The SMILES string of the molecule is C=CCN1C(=O)/C(=C/c2ccc(OCc3cccs3)c(OCC)c2)SC1=S. The average molecular weight is 418 g/mol. The molecule has 1 fully saturated rings. The van der Waals surface area contributed by atoms with Gasteiger partial charge in [0.1, 0.15) is 10.9 Å². The lowest BCUT2D eigenvalue weighted by atomic mass is 10.2. The van der Waals surface area contributed by atoms with Gasteiger partial charge in [0, 0.05) is 11.4 Å². The molecule has 4 nitrogen and oxygen atoms in total. The average Bonchev–Trinajstić information content (AvgIpc) is 3.26. The van der Waals surface area contributed by atoms with E-state index in [1.54, 1.807) is 22.3 Å². The molecular formula is C20H19NO3S3. The van der Waals surface area contributed by atoms with Crippen LogP contribution >= 0.6 is 35.3 Å². The molecule has 0 bridgehead atoms. The Balaban J connectivity index is 1.80. The van der Waals surface area contributed by atoms with E-state index < -0.39 is 0 Å². The van der Waals surface area contributed by atoms with Crippen molar-refractivity contribution < 1.29 is 14.3 Å². The molecule has 2 heterocycles. The van der Waals surface area contributed by atoms with Crippen molar-refractivity contribution >= 4 is 51.6 Å². The predicted molar refractivity (Wildman–Crippen MR) is 116 cm³/mol. The maximum absolute atomic E-state index is 12.5. The second-order valence-corrected chi connectivity index (χ2v) is 8.30. The van der Waals surface area contributed by atoms with Gasteiger partial charge in [0.15, 0.2) is 11.5 Å². The molecule has 7 heteroatoms. The molecule has 3 rings (SSSR count). The number of thiophene rings is 1. The summed E-state index contributed by atoms with van der Waals surface area (Å²) in [6, 6.07) is 9.69. The number of amides is 1. The van der Waals surface area contributed by atoms with E-state index in [2.05, 4.69) is 6.58 Å². The molecule has 0 saturated carbocycles. The zero-order valence-electron chi connectivity index (χ0n) is 14.8. The van der Waals surface area contributed by atoms with Gasteiger partial charge in [-0.1, -0.05) is 42.2 Å². The highest BCUT2D eigenvalue weighted by Gasteiger charge is 2.31. The van der Waals surface area contributed by atoms with E-state index in [-0.39, 0.29) is 5.91 Å². The molecule has 1 aromatic heterocycles. The number of benzene rings is 1. The van der Waals surface area contributed by atoms with Crippen LogP contribution in [0, 0.1) is 0 Å². The van der Waals surface area contributed by atoms with Crippen LogP contribution in [0.1, 0.15) is 17.4 Å². The van der Waals surface area contributed by atoms with Gasteiger partial charge in [0.2, 0.25) is 0 Å². The fourth-order valence-corrected chi connectivity index (χ4v) is 4.37. The Hall–Kier alpha value is -2.09. The Morgan fingerprint density at radius 1 is 1.26 bits per heavy atom. The third-order valence-electron chi connectivity index (χ3n) is 3.70. The van der Waals surface area contributed by atoms with E-state index in [1.807, 2.05) is 48.7 Å². The van der Waals surface area contributed by atoms with Crippen molar-refractivity contribution in [3.05, 3.63) is 63.7 Å². The molecule has 140 valence electrons. The first-order valence-electron chi connectivity index (χ1n) is 8.40. The molecule has 0 N–H and O–H groups in total. The topological polar surface area (TPSA) is 38.8 Å². The van der Waals surface area contributed by atoms with Gasteiger partial charge in [0.05, 0.1) is 11.5 Å². The molecule has 0 spiro atoms. The molecule has 0 atom stereocenters. The minimum atomic E-state index is -0.0964. The fraction of sp³-hybridized carbons (Fsp3) is 0.200. The summed E-state index contributed by atoms with van der Waals surface area (Å²) in [6.07, 6.45) is 3.49. The van der Waals surface area contributed by atoms with Crippen molar-refractivity contribution in [1.82, 2.24) is 4.90 Å². The second-order valence-electron chi connectivity index (χ2n) is 5.59. The largest absolute Gasteiger partial charge is 0.490 e. The molecule has 0 radical (unpaired) electrons. The Morgan fingerprint density at radius 2 is 2.11 bits per heavy atom. The highest BCUT2D eigenvalue weighted by molar-refractivity contribution is 8.26. The van der Waals surface area contributed by atoms with E-state index in [9.17, 15) is 4.79 Å². The quantitative estimate of drug-likeness (QED) is 0.339. The van der Waals surface area contributed by atoms with Gasteiger partial charge < -0.3 is 9.47 Å². The number of carbonyl (C=O) groups is 1. The molecule has 1 aromatic carbocycles. The number of thiocarbonyl (C=S) groups is 1. The van der Waals surface area contributed by atoms with Crippen molar-refractivity contribution in [1.29, 1.82) is 0 Å². The van der Waals surface area contributed by atoms with E-state index in [0.29, 0.717) is 40.5 Å². The maximum atomic E-state index is 12.5. The van der Waals surface area contributed by atoms with Crippen LogP contribution in [0.3, 0.4) is 0 Å². The number of thioether (sulfide) groups is 1. The van der Waals surface area contributed by atoms with Crippen molar-refractivity contribution in [2.24, 2.45) is 0 Å². The zero-order chi connectivity index (χ0) is 19.2. The van der Waals surface area contributed by atoms with E-state index in [0.717, 1.165) is 10.4 Å². The molecule has 1 aliphatic heterocycles. The highest BCUT2D eigenvalue weighted by Crippen LogP contribution is 2.35. The third kappa shape index (κ3) is 4.80. The van der Waals surface area contributed by atoms with Crippen LogP contribution in [0.25, 0.3) is 6.08 Å². The van der Waals surface area contributed by atoms with E-state index in [4.69, 9.17) is 21.7 Å². The first kappa shape index (κ1) is 19.7. The Morgan fingerprint density at radius 3 is 2.81 bits per heavy atom. The minimum Gasteiger partial charge on any atom is -0.490 e. The van der Waals surface area contributed by atoms with Gasteiger partial charge in [-0.2, -0.15) is 0 Å². The molecule has 0 aliphatic carbocycles. The molecule has 1 saturated heterocycles. The van der Waals surface area contributed by atoms with E-state index >= 15 is 0 Å². The first-order chi connectivity index (χ1) is 13.1. The summed E-state index contributed by atoms with van der Waals surface area (Å²) < 4.78 is 12.2. The monoisotopic (exact) mass is 417 g/mol. The zero-order valence-corrected chi connectivity index (χ0v) is 17.3. The number of carbonyl (C=O) groups excluding carboxylic acids is 1. The Labute approximate surface area is 172 Å². The first-order valence-corrected chi connectivity index (χ1v) is 10.5. The fourth-order valence-electron chi connectivity index (χ4n) is 2.48. The van der Waals surface area contributed by atoms with Crippen molar-refractivity contribution in [3.63, 3.8) is 0 Å². The van der Waals surface area contributed by atoms with Crippen LogP contribution in [0.4, 0.5) is 0 Å². The lowest BCUT2D eigenvalue weighted by Crippen LogP contribution is -2.27. The van der Waals surface area contributed by atoms with Crippen LogP contribution in [-0.4, -0.2) is 28.3 Å². The van der Waals surface area contributed by atoms with Gasteiger partial charge in [-0.3, -0.25) is 9.69 Å². The summed E-state index contributed by atoms with van der Waals surface area (Å²) in [5.74, 6) is 1.24. The molecule has 1 aliphatic rings. The summed E-state index contributed by atoms with van der Waals surface area (Å²) in [6.45, 7) is 7.04. The van der Waals surface area contributed by atoms with Crippen LogP contribution in [-0.2, 0) is 11.4 Å². The third-order valence-corrected chi connectivity index (χ3v) is 5.93. The molecule has 0 unspecified atom stereocenters. The van der Waals surface area contributed by atoms with Crippen LogP contribution in [0.5, 0.6) is 11.5 Å².